The van der Waals surface area contributed by atoms with Crippen LogP contribution in [0.5, 0.6) is 0 Å². The maximum absolute atomic E-state index is 4.59. The standard InChI is InChI=1S/C18H22N6/c1-3-22-8-10-23(11-9-22)17-15-12-21-24(18(15)20-13-19-17)16-7-5-4-6-14(16)2/h4-7,12-13H,3,8-11H2,1-2H3. The number of fused-ring (bicyclic) bond motifs is 1. The van der Waals surface area contributed by atoms with E-state index in [9.17, 15) is 0 Å². The Morgan fingerprint density at radius 2 is 1.83 bits per heavy atom. The van der Waals surface area contributed by atoms with Crippen molar-refractivity contribution in [3.05, 3.63) is 42.4 Å². The van der Waals surface area contributed by atoms with Crippen LogP contribution in [0.3, 0.4) is 0 Å². The van der Waals surface area contributed by atoms with Crippen LogP contribution < -0.4 is 4.90 Å². The number of likely N-dealkylation sites (N-methyl/N-ethyl adjacent to an activating group) is 1. The van der Waals surface area contributed by atoms with Crippen molar-refractivity contribution in [2.45, 2.75) is 13.8 Å². The molecule has 6 nitrogen and oxygen atoms in total. The highest BCUT2D eigenvalue weighted by Crippen LogP contribution is 2.26. The highest BCUT2D eigenvalue weighted by Gasteiger charge is 2.20. The number of hydrogen-bond donors (Lipinski definition) is 0. The highest BCUT2D eigenvalue weighted by molar-refractivity contribution is 5.87. The molecule has 1 fully saturated rings. The van der Waals surface area contributed by atoms with E-state index < -0.39 is 0 Å². The van der Waals surface area contributed by atoms with Gasteiger partial charge in [0, 0.05) is 26.2 Å². The van der Waals surface area contributed by atoms with E-state index in [1.807, 2.05) is 23.0 Å². The molecule has 0 N–H and O–H groups in total. The van der Waals surface area contributed by atoms with Crippen molar-refractivity contribution < 1.29 is 0 Å². The molecule has 6 heteroatoms. The van der Waals surface area contributed by atoms with Gasteiger partial charge in [-0.3, -0.25) is 0 Å². The third-order valence-corrected chi connectivity index (χ3v) is 4.81. The third kappa shape index (κ3) is 2.53. The highest BCUT2D eigenvalue weighted by atomic mass is 15.3. The Morgan fingerprint density at radius 1 is 1.04 bits per heavy atom. The zero-order valence-electron chi connectivity index (χ0n) is 14.2. The number of aromatic nitrogens is 4. The van der Waals surface area contributed by atoms with Crippen molar-refractivity contribution in [1.82, 2.24) is 24.6 Å². The Balaban J connectivity index is 1.74. The van der Waals surface area contributed by atoms with Crippen LogP contribution in [-0.2, 0) is 0 Å². The van der Waals surface area contributed by atoms with Crippen molar-refractivity contribution >= 4 is 16.9 Å². The molecule has 3 aromatic rings. The first-order chi connectivity index (χ1) is 11.8. The average Bonchev–Trinajstić information content (AvgIpc) is 3.06. The van der Waals surface area contributed by atoms with Gasteiger partial charge in [-0.2, -0.15) is 5.10 Å². The van der Waals surface area contributed by atoms with E-state index in [-0.39, 0.29) is 0 Å². The molecule has 1 saturated heterocycles. The van der Waals surface area contributed by atoms with E-state index in [1.54, 1.807) is 6.33 Å². The molecule has 0 unspecified atom stereocenters. The molecule has 3 heterocycles. The molecule has 0 amide bonds. The predicted molar refractivity (Wildman–Crippen MR) is 95.7 cm³/mol. The van der Waals surface area contributed by atoms with Crippen LogP contribution in [0.2, 0.25) is 0 Å². The van der Waals surface area contributed by atoms with Gasteiger partial charge in [0.2, 0.25) is 0 Å². The van der Waals surface area contributed by atoms with E-state index in [2.05, 4.69) is 50.8 Å². The number of piperazine rings is 1. The molecule has 0 spiro atoms. The molecule has 4 rings (SSSR count). The number of rotatable bonds is 3. The Kier molecular flexibility index (Phi) is 3.90. The summed E-state index contributed by atoms with van der Waals surface area (Å²) in [6.45, 7) is 9.56. The molecule has 0 saturated carbocycles. The topological polar surface area (TPSA) is 50.1 Å². The summed E-state index contributed by atoms with van der Waals surface area (Å²) >= 11 is 0. The monoisotopic (exact) mass is 322 g/mol. The minimum atomic E-state index is 0.868. The van der Waals surface area contributed by atoms with E-state index in [0.717, 1.165) is 55.3 Å². The molecule has 0 bridgehead atoms. The predicted octanol–water partition coefficient (Wildman–Crippen LogP) is 2.27. The van der Waals surface area contributed by atoms with E-state index in [1.165, 1.54) is 5.56 Å². The van der Waals surface area contributed by atoms with Gasteiger partial charge in [0.15, 0.2) is 5.65 Å². The summed E-state index contributed by atoms with van der Waals surface area (Å²) in [5.41, 5.74) is 3.11. The lowest BCUT2D eigenvalue weighted by atomic mass is 10.2. The van der Waals surface area contributed by atoms with Gasteiger partial charge in [-0.15, -0.1) is 0 Å². The fourth-order valence-corrected chi connectivity index (χ4v) is 3.34. The average molecular weight is 322 g/mol. The van der Waals surface area contributed by atoms with Gasteiger partial charge >= 0.3 is 0 Å². The van der Waals surface area contributed by atoms with Crippen LogP contribution >= 0.6 is 0 Å². The third-order valence-electron chi connectivity index (χ3n) is 4.81. The maximum Gasteiger partial charge on any atom is 0.168 e. The SMILES string of the molecule is CCN1CCN(c2ncnc3c2cnn3-c2ccccc2C)CC1. The molecule has 124 valence electrons. The van der Waals surface area contributed by atoms with Crippen LogP contribution in [0.1, 0.15) is 12.5 Å². The summed E-state index contributed by atoms with van der Waals surface area (Å²) in [5, 5.41) is 5.61. The Labute approximate surface area is 141 Å². The van der Waals surface area contributed by atoms with E-state index in [0.29, 0.717) is 0 Å². The number of para-hydroxylation sites is 1. The first-order valence-corrected chi connectivity index (χ1v) is 8.50. The van der Waals surface area contributed by atoms with Crippen LogP contribution in [0.15, 0.2) is 36.8 Å². The second kappa shape index (κ2) is 6.20. The van der Waals surface area contributed by atoms with Gasteiger partial charge in [0.05, 0.1) is 17.3 Å². The molecule has 0 radical (unpaired) electrons. The lowest BCUT2D eigenvalue weighted by Gasteiger charge is -2.34. The molecule has 0 aliphatic carbocycles. The zero-order valence-corrected chi connectivity index (χ0v) is 14.2. The summed E-state index contributed by atoms with van der Waals surface area (Å²) in [4.78, 5) is 13.9. The first kappa shape index (κ1) is 15.1. The zero-order chi connectivity index (χ0) is 16.5. The van der Waals surface area contributed by atoms with Crippen LogP contribution in [0.4, 0.5) is 5.82 Å². The molecule has 0 atom stereocenters. The van der Waals surface area contributed by atoms with Crippen LogP contribution in [-0.4, -0.2) is 57.4 Å². The lowest BCUT2D eigenvalue weighted by Crippen LogP contribution is -2.46. The lowest BCUT2D eigenvalue weighted by molar-refractivity contribution is 0.271. The summed E-state index contributed by atoms with van der Waals surface area (Å²) in [6.07, 6.45) is 3.55. The van der Waals surface area contributed by atoms with Crippen molar-refractivity contribution in [3.8, 4) is 5.69 Å². The van der Waals surface area contributed by atoms with E-state index >= 15 is 0 Å². The van der Waals surface area contributed by atoms with Gasteiger partial charge in [-0.25, -0.2) is 14.6 Å². The fraction of sp³-hybridized carbons (Fsp3) is 0.389. The minimum Gasteiger partial charge on any atom is -0.353 e. The van der Waals surface area contributed by atoms with Crippen molar-refractivity contribution in [1.29, 1.82) is 0 Å². The quantitative estimate of drug-likeness (QED) is 0.740. The molecule has 1 aliphatic rings. The summed E-state index contributed by atoms with van der Waals surface area (Å²) in [5.74, 6) is 0.996. The number of hydrogen-bond acceptors (Lipinski definition) is 5. The second-order valence-electron chi connectivity index (χ2n) is 6.20. The molecule has 2 aromatic heterocycles. The minimum absolute atomic E-state index is 0.868. The van der Waals surface area contributed by atoms with Gasteiger partial charge < -0.3 is 9.80 Å². The van der Waals surface area contributed by atoms with Crippen molar-refractivity contribution in [2.24, 2.45) is 0 Å². The Morgan fingerprint density at radius 3 is 2.58 bits per heavy atom. The maximum atomic E-state index is 4.59. The first-order valence-electron chi connectivity index (χ1n) is 8.50. The van der Waals surface area contributed by atoms with Crippen LogP contribution in [0.25, 0.3) is 16.7 Å². The molecule has 1 aliphatic heterocycles. The Hall–Kier alpha value is -2.47. The van der Waals surface area contributed by atoms with Gasteiger partial charge in [-0.05, 0) is 25.1 Å². The van der Waals surface area contributed by atoms with Gasteiger partial charge in [-0.1, -0.05) is 25.1 Å². The van der Waals surface area contributed by atoms with Gasteiger partial charge in [0.25, 0.3) is 0 Å². The van der Waals surface area contributed by atoms with Crippen molar-refractivity contribution in [2.75, 3.05) is 37.6 Å². The second-order valence-corrected chi connectivity index (χ2v) is 6.20. The normalized spacial score (nSPS) is 16.0. The van der Waals surface area contributed by atoms with E-state index in [4.69, 9.17) is 0 Å². The summed E-state index contributed by atoms with van der Waals surface area (Å²) in [6, 6.07) is 8.23. The van der Waals surface area contributed by atoms with Gasteiger partial charge in [0.1, 0.15) is 12.1 Å². The van der Waals surface area contributed by atoms with Crippen LogP contribution in [0, 0.1) is 6.92 Å². The number of nitrogens with zero attached hydrogens (tertiary/aromatic N) is 6. The largest absolute Gasteiger partial charge is 0.353 e. The summed E-state index contributed by atoms with van der Waals surface area (Å²) in [7, 11) is 0. The fourth-order valence-electron chi connectivity index (χ4n) is 3.34. The number of benzene rings is 1. The number of anilines is 1. The summed E-state index contributed by atoms with van der Waals surface area (Å²) < 4.78 is 1.91. The van der Waals surface area contributed by atoms with Crippen molar-refractivity contribution in [3.63, 3.8) is 0 Å². The molecular weight excluding hydrogens is 300 g/mol. The molecular formula is C18H22N6. The smallest absolute Gasteiger partial charge is 0.168 e. The number of aryl methyl sites for hydroxylation is 1. The molecule has 1 aromatic carbocycles. The molecule has 24 heavy (non-hydrogen) atoms. The Bertz CT molecular complexity index is 848.